The Bertz CT molecular complexity index is 3530. The second kappa shape index (κ2) is 30.0. The molecular formula is C59H63Br2ClN12O6S. The first-order valence-electron chi connectivity index (χ1n) is 26.0. The van der Waals surface area contributed by atoms with Crippen molar-refractivity contribution in [1.82, 2.24) is 40.0 Å². The highest BCUT2D eigenvalue weighted by atomic mass is 79.9. The number of hydrogen-bond acceptors (Lipinski definition) is 16. The number of allylic oxidation sites excluding steroid dienone is 1. The number of aromatic carboxylic acids is 1. The van der Waals surface area contributed by atoms with E-state index in [0.29, 0.717) is 27.9 Å². The van der Waals surface area contributed by atoms with Crippen molar-refractivity contribution in [2.75, 3.05) is 43.5 Å². The number of fused-ring (bicyclic) bond motifs is 3. The van der Waals surface area contributed by atoms with Crippen molar-refractivity contribution in [3.05, 3.63) is 164 Å². The van der Waals surface area contributed by atoms with Crippen LogP contribution in [0.25, 0.3) is 37.5 Å². The summed E-state index contributed by atoms with van der Waals surface area (Å²) in [6.07, 6.45) is 13.7. The molecular weight excluding hydrogens is 1200 g/mol. The second-order valence-corrected chi connectivity index (χ2v) is 22.7. The van der Waals surface area contributed by atoms with E-state index in [0.717, 1.165) is 84.5 Å². The molecule has 0 amide bonds. The van der Waals surface area contributed by atoms with Crippen LogP contribution in [0.15, 0.2) is 142 Å². The summed E-state index contributed by atoms with van der Waals surface area (Å²) in [5.41, 5.74) is 11.3. The van der Waals surface area contributed by atoms with Gasteiger partial charge in [0.2, 0.25) is 5.28 Å². The fraction of sp³-hybridized carbons (Fsp3) is 0.271. The van der Waals surface area contributed by atoms with Crippen LogP contribution in [0.1, 0.15) is 84.9 Å². The van der Waals surface area contributed by atoms with Gasteiger partial charge in [0.15, 0.2) is 5.78 Å². The van der Waals surface area contributed by atoms with Crippen LogP contribution in [-0.2, 0) is 9.47 Å². The van der Waals surface area contributed by atoms with E-state index < -0.39 is 17.7 Å². The summed E-state index contributed by atoms with van der Waals surface area (Å²) in [5.74, 6) is 1.34. The maximum Gasteiger partial charge on any atom is 0.435 e. The van der Waals surface area contributed by atoms with Crippen molar-refractivity contribution in [1.29, 1.82) is 0 Å². The molecule has 8 heterocycles. The lowest BCUT2D eigenvalue weighted by Crippen LogP contribution is -2.27. The van der Waals surface area contributed by atoms with Gasteiger partial charge in [0.1, 0.15) is 27.9 Å². The zero-order chi connectivity index (χ0) is 57.9. The molecule has 0 radical (unpaired) electrons. The van der Waals surface area contributed by atoms with Gasteiger partial charge in [-0.1, -0.05) is 68.6 Å². The van der Waals surface area contributed by atoms with Gasteiger partial charge in [0.05, 0.1) is 30.6 Å². The predicted molar refractivity (Wildman–Crippen MR) is 332 cm³/mol. The molecule has 4 aromatic carbocycles. The molecule has 2 saturated heterocycles. The number of piperidine rings is 1. The standard InChI is InChI=1S/C16H16ClN5O2.C15H14N4.C10H8BrNO.C9H5BrO2S.C5H11N.C4H9NO/c1-16(2,3)24-15(23)22-12-5-4-11(8-10(12)9-19-22)20-13-6-7-18-14(17)21-13;1-11-17-9-7-15(18-11)19-14-4-2-12(3-5-14)13-6-8-16-10-13;1-6(13)9-4-7-2-3-8(11)5-10(7)12-9;10-6-2-1-5-3-8(9(11)12)13-7(5)4-6;1-2-4-6-5-3-1;5-4-1-2-6-3-4/h4-9H,1-3H3,(H,18,20,21);2-7,9-10H,8H2,1H3,(H,17,18,19);2-5,12H,1H3;1-4H,(H,11,12);6H,1-5H2;4H,1-3,5H2. The normalized spacial score (nSPS) is 14.3. The zero-order valence-corrected chi connectivity index (χ0v) is 50.1. The lowest BCUT2D eigenvalue weighted by atomic mass is 10.1. The summed E-state index contributed by atoms with van der Waals surface area (Å²) in [5, 5.41) is 25.5. The molecule has 422 valence electrons. The number of ether oxygens (including phenoxy) is 2. The van der Waals surface area contributed by atoms with Crippen LogP contribution < -0.4 is 21.7 Å². The van der Waals surface area contributed by atoms with Crippen LogP contribution in [0, 0.1) is 6.92 Å². The van der Waals surface area contributed by atoms with Crippen molar-refractivity contribution in [2.24, 2.45) is 10.7 Å². The minimum absolute atomic E-state index is 0.0623. The average Bonchev–Trinajstić information content (AvgIpc) is 4.37. The van der Waals surface area contributed by atoms with Crippen LogP contribution >= 0.6 is 54.8 Å². The van der Waals surface area contributed by atoms with Gasteiger partial charge >= 0.3 is 12.1 Å². The first kappa shape index (κ1) is 61.4. The fourth-order valence-corrected chi connectivity index (χ4v) is 9.80. The Hall–Kier alpha value is -7.24. The number of carboxylic acid groups (broad SMARTS) is 1. The number of nitrogens with two attached hydrogens (primary N) is 1. The number of nitrogens with one attached hydrogen (secondary N) is 4. The summed E-state index contributed by atoms with van der Waals surface area (Å²) in [7, 11) is 0. The Kier molecular flexibility index (Phi) is 22.7. The average molecular weight is 1260 g/mol. The number of carbonyl (C=O) groups excluding carboxylic acids is 2. The van der Waals surface area contributed by atoms with Gasteiger partial charge in [-0.25, -0.2) is 29.5 Å². The van der Waals surface area contributed by atoms with E-state index in [-0.39, 0.29) is 11.1 Å². The third kappa shape index (κ3) is 19.8. The Labute approximate surface area is 495 Å². The molecule has 0 bridgehead atoms. The van der Waals surface area contributed by atoms with Crippen LogP contribution in [0.2, 0.25) is 5.28 Å². The molecule has 2 fully saturated rings. The second-order valence-electron chi connectivity index (χ2n) is 19.5. The first-order valence-corrected chi connectivity index (χ1v) is 28.7. The first-order chi connectivity index (χ1) is 38.8. The Morgan fingerprint density at radius 1 is 0.840 bits per heavy atom. The quantitative estimate of drug-likeness (QED) is 0.0641. The van der Waals surface area contributed by atoms with Crippen molar-refractivity contribution in [3.8, 4) is 0 Å². The molecule has 0 saturated carbocycles. The van der Waals surface area contributed by atoms with Crippen LogP contribution in [0.5, 0.6) is 0 Å². The zero-order valence-electron chi connectivity index (χ0n) is 45.4. The Balaban J connectivity index is 0.000000149. The van der Waals surface area contributed by atoms with E-state index in [4.69, 9.17) is 31.9 Å². The molecule has 81 heavy (non-hydrogen) atoms. The smallest absolute Gasteiger partial charge is 0.435 e. The number of nitrogens with zero attached hydrogens (tertiary/aromatic N) is 7. The van der Waals surface area contributed by atoms with Crippen molar-refractivity contribution < 1.29 is 29.0 Å². The number of H-pyrrole nitrogens is 1. The van der Waals surface area contributed by atoms with E-state index in [1.165, 1.54) is 59.5 Å². The third-order valence-electron chi connectivity index (χ3n) is 11.8. The fourth-order valence-electron chi connectivity index (χ4n) is 7.83. The summed E-state index contributed by atoms with van der Waals surface area (Å²) >= 11 is 13.8. The highest BCUT2D eigenvalue weighted by Gasteiger charge is 2.20. The number of ketones is 1. The highest BCUT2D eigenvalue weighted by Crippen LogP contribution is 2.29. The van der Waals surface area contributed by atoms with Gasteiger partial charge in [0.25, 0.3) is 0 Å². The van der Waals surface area contributed by atoms with Crippen LogP contribution in [0.3, 0.4) is 0 Å². The SMILES string of the molecule is C1CCNCC1.CC(=O)c1cc2ccc(Br)cc2[nH]1.CC(C)(C)OC(=O)n1ncc2cc(Nc3ccnc(Cl)n3)ccc21.Cc1nccc(Nc2ccc(C3=CCN=C3)cc2)n1.NC1CCOC1.O=C(O)c1cc2ccc(Br)cc2s1. The van der Waals surface area contributed by atoms with Crippen LogP contribution in [-0.4, -0.2) is 108 Å². The number of aromatic amines is 1. The van der Waals surface area contributed by atoms with Gasteiger partial charge in [0, 0.05) is 79.5 Å². The highest BCUT2D eigenvalue weighted by molar-refractivity contribution is 9.10. The molecule has 5 aromatic heterocycles. The number of aromatic nitrogens is 7. The number of thiophene rings is 1. The van der Waals surface area contributed by atoms with Crippen molar-refractivity contribution >= 4 is 139 Å². The number of carbonyl (C=O) groups is 3. The monoisotopic (exact) mass is 1260 g/mol. The number of aryl methyl sites for hydroxylation is 1. The molecule has 1 unspecified atom stereocenters. The van der Waals surface area contributed by atoms with E-state index >= 15 is 0 Å². The summed E-state index contributed by atoms with van der Waals surface area (Å²) < 4.78 is 14.5. The van der Waals surface area contributed by atoms with E-state index in [2.05, 4.69) is 101 Å². The van der Waals surface area contributed by atoms with E-state index in [1.807, 2.05) is 107 Å². The molecule has 0 aliphatic carbocycles. The number of carboxylic acids is 1. The molecule has 22 heteroatoms. The lowest BCUT2D eigenvalue weighted by molar-refractivity contribution is 0.0522. The largest absolute Gasteiger partial charge is 0.477 e. The number of hydrogen-bond donors (Lipinski definition) is 6. The lowest BCUT2D eigenvalue weighted by Gasteiger charge is -2.19. The topological polar surface area (TPSA) is 250 Å². The minimum atomic E-state index is -0.864. The van der Waals surface area contributed by atoms with Gasteiger partial charge < -0.3 is 41.2 Å². The van der Waals surface area contributed by atoms with E-state index in [1.54, 1.807) is 43.7 Å². The Morgan fingerprint density at radius 2 is 1.53 bits per heavy atom. The summed E-state index contributed by atoms with van der Waals surface area (Å²) in [4.78, 5) is 57.8. The minimum Gasteiger partial charge on any atom is -0.477 e. The van der Waals surface area contributed by atoms with Gasteiger partial charge in [-0.05, 0) is 167 Å². The number of Topliss-reactive ketones (excluding diaryl/α,β-unsaturated/α-hetero) is 1. The van der Waals surface area contributed by atoms with Gasteiger partial charge in [-0.15, -0.1) is 11.3 Å². The van der Waals surface area contributed by atoms with E-state index in [9.17, 15) is 14.4 Å². The molecule has 0 spiro atoms. The van der Waals surface area contributed by atoms with Gasteiger partial charge in [-0.2, -0.15) is 9.78 Å². The number of rotatable bonds is 7. The summed E-state index contributed by atoms with van der Waals surface area (Å²) in [6, 6.07) is 32.8. The van der Waals surface area contributed by atoms with Gasteiger partial charge in [-0.3, -0.25) is 9.79 Å². The van der Waals surface area contributed by atoms with Crippen LogP contribution in [0.4, 0.5) is 27.8 Å². The number of halogens is 3. The Morgan fingerprint density at radius 3 is 2.12 bits per heavy atom. The number of anilines is 4. The molecule has 3 aliphatic heterocycles. The van der Waals surface area contributed by atoms with Crippen molar-refractivity contribution in [2.45, 2.75) is 71.9 Å². The molecule has 9 aromatic rings. The molecule has 1 atom stereocenters. The molecule has 12 rings (SSSR count). The summed E-state index contributed by atoms with van der Waals surface area (Å²) in [6.45, 7) is 13.8. The molecule has 18 nitrogen and oxygen atoms in total. The third-order valence-corrected chi connectivity index (χ3v) is 14.0. The number of benzene rings is 4. The maximum absolute atomic E-state index is 12.2. The molecule has 3 aliphatic rings. The predicted octanol–water partition coefficient (Wildman–Crippen LogP) is 14.0. The molecule has 7 N–H and O–H groups in total. The maximum atomic E-state index is 12.2. The van der Waals surface area contributed by atoms with Crippen molar-refractivity contribution in [3.63, 3.8) is 0 Å². The number of aliphatic imine (C=N–C) groups is 1.